The van der Waals surface area contributed by atoms with Gasteiger partial charge in [-0.25, -0.2) is 14.8 Å². The maximum Gasteiger partial charge on any atom is 0.318 e. The van der Waals surface area contributed by atoms with E-state index in [-0.39, 0.29) is 130 Å². The lowest BCUT2D eigenvalue weighted by Gasteiger charge is -2.16. The highest BCUT2D eigenvalue weighted by molar-refractivity contribution is 5.79. The van der Waals surface area contributed by atoms with Crippen LogP contribution in [0.25, 0.3) is 11.2 Å². The van der Waals surface area contributed by atoms with E-state index in [4.69, 9.17) is 39.9 Å². The maximum absolute atomic E-state index is 12.8. The Balaban J connectivity index is 0.736. The molecule has 5 amide bonds. The van der Waals surface area contributed by atoms with Gasteiger partial charge in [0, 0.05) is 51.6 Å². The summed E-state index contributed by atoms with van der Waals surface area (Å²) >= 11 is 0. The van der Waals surface area contributed by atoms with Crippen molar-refractivity contribution in [2.45, 2.75) is 71.4 Å². The molecule has 27 heteroatoms. The van der Waals surface area contributed by atoms with Crippen molar-refractivity contribution in [3.63, 3.8) is 0 Å². The molecule has 3 aromatic heterocycles. The Bertz CT molecular complexity index is 2890. The molecule has 11 N–H and O–H groups in total. The van der Waals surface area contributed by atoms with Crippen LogP contribution < -0.4 is 52.3 Å². The molecule has 3 aromatic carbocycles. The van der Waals surface area contributed by atoms with Gasteiger partial charge in [0.2, 0.25) is 29.5 Å². The van der Waals surface area contributed by atoms with Gasteiger partial charge in [0.15, 0.2) is 17.1 Å². The molecule has 0 bridgehead atoms. The van der Waals surface area contributed by atoms with Crippen molar-refractivity contribution in [1.29, 1.82) is 0 Å². The van der Waals surface area contributed by atoms with Crippen molar-refractivity contribution >= 4 is 52.4 Å². The molecule has 6 rings (SSSR count). The summed E-state index contributed by atoms with van der Waals surface area (Å²) in [5.41, 5.74) is 15.5. The molecule has 1 unspecified atom stereocenters. The molecule has 0 aliphatic carbocycles. The Kier molecular flexibility index (Phi) is 23.3. The molecule has 0 aliphatic heterocycles. The highest BCUT2D eigenvalue weighted by Gasteiger charge is 2.24. The molecule has 416 valence electrons. The van der Waals surface area contributed by atoms with Crippen molar-refractivity contribution in [3.8, 4) is 23.4 Å². The minimum atomic E-state index is -0.858. The van der Waals surface area contributed by atoms with Crippen LogP contribution in [0.15, 0.2) is 79.3 Å². The summed E-state index contributed by atoms with van der Waals surface area (Å²) in [6.07, 6.45) is 3.63. The van der Waals surface area contributed by atoms with E-state index in [0.29, 0.717) is 63.1 Å². The van der Waals surface area contributed by atoms with E-state index >= 15 is 0 Å². The number of urea groups is 1. The number of nitrogens with zero attached hydrogens (tertiary/aromatic N) is 6. The van der Waals surface area contributed by atoms with Crippen LogP contribution in [0.3, 0.4) is 0 Å². The molecule has 1 atom stereocenters. The third-order valence-corrected chi connectivity index (χ3v) is 11.3. The number of aromatic nitrogens is 6. The Labute approximate surface area is 448 Å². The highest BCUT2D eigenvalue weighted by Crippen LogP contribution is 2.37. The summed E-state index contributed by atoms with van der Waals surface area (Å²) in [5.74, 6) is -0.819. The fourth-order valence-electron chi connectivity index (χ4n) is 7.23. The number of phenolic OH excluding ortho intramolecular Hbond substituents is 1. The van der Waals surface area contributed by atoms with E-state index < -0.39 is 16.9 Å². The average molecular weight is 1080 g/mol. The quantitative estimate of drug-likeness (QED) is 0.0158. The van der Waals surface area contributed by atoms with E-state index in [1.54, 1.807) is 13.0 Å². The van der Waals surface area contributed by atoms with Crippen LogP contribution in [0.5, 0.6) is 23.4 Å². The number of carbonyl (C=O) groups excluding carboxylic acids is 4. The Hall–Kier alpha value is -8.95. The van der Waals surface area contributed by atoms with E-state index in [0.717, 1.165) is 34.4 Å². The summed E-state index contributed by atoms with van der Waals surface area (Å²) in [6, 6.07) is 17.8. The fraction of sp³-hybridized carbons (Fsp3) is 0.392. The number of hydrogen-bond donors (Lipinski definition) is 9. The van der Waals surface area contributed by atoms with Crippen molar-refractivity contribution in [1.82, 2.24) is 56.5 Å². The standard InChI is InChI=1S/C51H64N14O13/c1-33(61-45(69)5-2-4-44(68)57-28-34-7-11-36(12-8-34)30-77-48-46-47(60-32-59-46)63-49(53)64-48)38-26-40(66)41(27-39(38)65(71)72)76-19-3-6-43(67)54-17-20-73-22-24-75-25-23-74-21-18-55-50(70)58-29-35-9-13-37(14-10-35)31-78-51-56-16-15-42(52)62-51/h7-16,26-27,32-33,66H,2-6,17-25,28-31H2,1H3,(H,54,67)(H,57,68)(H,61,69)(H2,52,56,62)(H2,55,58,70)(H3,53,59,60,63,64). The number of benzene rings is 3. The maximum atomic E-state index is 12.8. The summed E-state index contributed by atoms with van der Waals surface area (Å²) in [4.78, 5) is 84.3. The van der Waals surface area contributed by atoms with Gasteiger partial charge in [-0.15, -0.1) is 0 Å². The number of rotatable bonds is 34. The Morgan fingerprint density at radius 3 is 1.96 bits per heavy atom. The second kappa shape index (κ2) is 31.2. The van der Waals surface area contributed by atoms with E-state index in [2.05, 4.69) is 56.5 Å². The van der Waals surface area contributed by atoms with Crippen LogP contribution in [-0.4, -0.2) is 123 Å². The molecular formula is C51H64N14O13. The molecule has 0 spiro atoms. The first-order valence-electron chi connectivity index (χ1n) is 25.0. The normalized spacial score (nSPS) is 11.3. The van der Waals surface area contributed by atoms with Crippen LogP contribution in [0.4, 0.5) is 22.2 Å². The van der Waals surface area contributed by atoms with Crippen LogP contribution in [-0.2, 0) is 54.9 Å². The Morgan fingerprint density at radius 1 is 0.679 bits per heavy atom. The number of hydrogen-bond acceptors (Lipinski definition) is 20. The number of nitrogens with one attached hydrogen (secondary N) is 6. The summed E-state index contributed by atoms with van der Waals surface area (Å²) in [7, 11) is 0. The number of anilines is 2. The molecule has 3 heterocycles. The number of ether oxygens (including phenoxy) is 6. The first-order valence-corrected chi connectivity index (χ1v) is 25.0. The number of nitro benzene ring substituents is 1. The second-order valence-electron chi connectivity index (χ2n) is 17.3. The van der Waals surface area contributed by atoms with Gasteiger partial charge in [0.05, 0.1) is 75.2 Å². The number of fused-ring (bicyclic) bond motifs is 1. The van der Waals surface area contributed by atoms with Gasteiger partial charge in [-0.05, 0) is 54.2 Å². The minimum Gasteiger partial charge on any atom is -0.504 e. The van der Waals surface area contributed by atoms with Gasteiger partial charge < -0.3 is 76.6 Å². The van der Waals surface area contributed by atoms with Crippen molar-refractivity contribution < 1.29 is 57.6 Å². The van der Waals surface area contributed by atoms with Gasteiger partial charge in [-0.1, -0.05) is 48.5 Å². The average Bonchev–Trinajstić information content (AvgIpc) is 3.92. The third kappa shape index (κ3) is 20.3. The van der Waals surface area contributed by atoms with Crippen molar-refractivity contribution in [2.75, 3.05) is 70.8 Å². The zero-order valence-corrected chi connectivity index (χ0v) is 43.0. The minimum absolute atomic E-state index is 0.0149. The van der Waals surface area contributed by atoms with Crippen LogP contribution in [0, 0.1) is 10.1 Å². The SMILES string of the molecule is CC(NC(=O)CCCC(=O)NCc1ccc(COc2nc(N)nc3nc[nH]c23)cc1)c1cc(O)c(OCCCC(=O)NCCOCCOCCOCCNC(=O)NCc2ccc(COc3nccc(N)n3)cc2)cc1[N+](=O)[O-]. The van der Waals surface area contributed by atoms with Crippen LogP contribution in [0.1, 0.15) is 72.9 Å². The molecule has 0 aliphatic rings. The number of phenols is 1. The molecule has 0 radical (unpaired) electrons. The predicted molar refractivity (Wildman–Crippen MR) is 282 cm³/mol. The summed E-state index contributed by atoms with van der Waals surface area (Å²) in [6.45, 7) is 5.06. The second-order valence-corrected chi connectivity index (χ2v) is 17.3. The zero-order valence-electron chi connectivity index (χ0n) is 43.0. The highest BCUT2D eigenvalue weighted by atomic mass is 16.6. The molecule has 0 saturated carbocycles. The van der Waals surface area contributed by atoms with E-state index in [1.807, 2.05) is 48.5 Å². The lowest BCUT2D eigenvalue weighted by molar-refractivity contribution is -0.385. The topological polar surface area (TPSA) is 379 Å². The first kappa shape index (κ1) is 58.3. The molecule has 0 saturated heterocycles. The largest absolute Gasteiger partial charge is 0.504 e. The first-order chi connectivity index (χ1) is 37.8. The third-order valence-electron chi connectivity index (χ3n) is 11.3. The zero-order chi connectivity index (χ0) is 55.5. The predicted octanol–water partition coefficient (Wildman–Crippen LogP) is 3.57. The molecule has 0 fully saturated rings. The molecular weight excluding hydrogens is 1020 g/mol. The van der Waals surface area contributed by atoms with Crippen molar-refractivity contribution in [2.24, 2.45) is 0 Å². The summed E-state index contributed by atoms with van der Waals surface area (Å²) < 4.78 is 33.4. The van der Waals surface area contributed by atoms with Crippen molar-refractivity contribution in [3.05, 3.63) is 117 Å². The van der Waals surface area contributed by atoms with E-state index in [1.165, 1.54) is 12.5 Å². The molecule has 6 aromatic rings. The van der Waals surface area contributed by atoms with Gasteiger partial charge in [-0.3, -0.25) is 24.5 Å². The fourth-order valence-corrected chi connectivity index (χ4v) is 7.23. The van der Waals surface area contributed by atoms with Gasteiger partial charge in [0.25, 0.3) is 5.69 Å². The molecule has 27 nitrogen and oxygen atoms in total. The number of aromatic amines is 1. The van der Waals surface area contributed by atoms with Gasteiger partial charge in [-0.2, -0.15) is 15.0 Å². The molecule has 78 heavy (non-hydrogen) atoms. The number of amides is 5. The number of nitro groups is 1. The van der Waals surface area contributed by atoms with Gasteiger partial charge >= 0.3 is 12.0 Å². The number of H-pyrrole nitrogens is 1. The number of nitrogens with two attached hydrogens (primary N) is 2. The monoisotopic (exact) mass is 1080 g/mol. The number of nitrogen functional groups attached to an aromatic ring is 2. The lowest BCUT2D eigenvalue weighted by atomic mass is 10.0. The lowest BCUT2D eigenvalue weighted by Crippen LogP contribution is -2.37. The number of imidazole rings is 1. The smallest absolute Gasteiger partial charge is 0.318 e. The van der Waals surface area contributed by atoms with E-state index in [9.17, 15) is 34.4 Å². The summed E-state index contributed by atoms with van der Waals surface area (Å²) in [5, 5.41) is 36.5. The number of carbonyl (C=O) groups is 4. The number of aromatic hydroxyl groups is 1. The van der Waals surface area contributed by atoms with Crippen LogP contribution >= 0.6 is 0 Å². The van der Waals surface area contributed by atoms with Crippen LogP contribution in [0.2, 0.25) is 0 Å². The van der Waals surface area contributed by atoms with Gasteiger partial charge in [0.1, 0.15) is 24.5 Å². The Morgan fingerprint density at radius 2 is 1.28 bits per heavy atom.